The Hall–Kier alpha value is -3.61. The molecular weight excluding hydrogens is 397 g/mol. The van der Waals surface area contributed by atoms with Gasteiger partial charge in [0.05, 0.1) is 6.26 Å². The standard InChI is InChI=1S/C24H24FN3O3/c25-19-9-7-17(8-10-19)11-13-26-23(29)24(30)27-16-21(22-6-3-15-31-22)28-14-12-18-4-1-2-5-20(18)28/h1-10,15,21H,11-14,16H2,(H,26,29)(H,27,30)/t21-/m0/s1. The second-order valence-electron chi connectivity index (χ2n) is 7.45. The van der Waals surface area contributed by atoms with Crippen LogP contribution in [-0.4, -0.2) is 31.4 Å². The molecule has 160 valence electrons. The lowest BCUT2D eigenvalue weighted by Crippen LogP contribution is -2.44. The molecule has 6 nitrogen and oxygen atoms in total. The van der Waals surface area contributed by atoms with E-state index in [1.165, 1.54) is 17.7 Å². The van der Waals surface area contributed by atoms with Gasteiger partial charge < -0.3 is 20.0 Å². The lowest BCUT2D eigenvalue weighted by Gasteiger charge is -2.29. The van der Waals surface area contributed by atoms with Crippen molar-refractivity contribution in [1.29, 1.82) is 0 Å². The molecule has 1 aliphatic heterocycles. The largest absolute Gasteiger partial charge is 0.467 e. The molecule has 0 bridgehead atoms. The molecule has 0 saturated heterocycles. The van der Waals surface area contributed by atoms with E-state index in [1.54, 1.807) is 18.4 Å². The van der Waals surface area contributed by atoms with Crippen molar-refractivity contribution in [1.82, 2.24) is 10.6 Å². The smallest absolute Gasteiger partial charge is 0.309 e. The van der Waals surface area contributed by atoms with Crippen LogP contribution in [0, 0.1) is 5.82 Å². The van der Waals surface area contributed by atoms with Gasteiger partial charge >= 0.3 is 11.8 Å². The molecule has 1 aromatic heterocycles. The van der Waals surface area contributed by atoms with E-state index in [0.717, 1.165) is 30.0 Å². The van der Waals surface area contributed by atoms with Crippen molar-refractivity contribution in [3.05, 3.63) is 89.6 Å². The highest BCUT2D eigenvalue weighted by atomic mass is 19.1. The number of halogens is 1. The van der Waals surface area contributed by atoms with E-state index in [4.69, 9.17) is 4.42 Å². The third kappa shape index (κ3) is 4.94. The fraction of sp³-hybridized carbons (Fsp3) is 0.250. The fourth-order valence-electron chi connectivity index (χ4n) is 3.85. The molecule has 2 N–H and O–H groups in total. The van der Waals surface area contributed by atoms with Crippen molar-refractivity contribution in [3.8, 4) is 0 Å². The Morgan fingerprint density at radius 1 is 1.00 bits per heavy atom. The summed E-state index contributed by atoms with van der Waals surface area (Å²) >= 11 is 0. The molecule has 0 unspecified atom stereocenters. The van der Waals surface area contributed by atoms with Gasteiger partial charge in [0.25, 0.3) is 0 Å². The summed E-state index contributed by atoms with van der Waals surface area (Å²) in [4.78, 5) is 26.7. The summed E-state index contributed by atoms with van der Waals surface area (Å²) in [6, 6.07) is 17.7. The summed E-state index contributed by atoms with van der Waals surface area (Å²) in [5, 5.41) is 5.34. The monoisotopic (exact) mass is 421 g/mol. The number of nitrogens with zero attached hydrogens (tertiary/aromatic N) is 1. The molecule has 4 rings (SSSR count). The lowest BCUT2D eigenvalue weighted by atomic mass is 10.1. The Bertz CT molecular complexity index is 1030. The van der Waals surface area contributed by atoms with E-state index >= 15 is 0 Å². The predicted octanol–water partition coefficient (Wildman–Crippen LogP) is 3.00. The number of anilines is 1. The number of hydrogen-bond donors (Lipinski definition) is 2. The minimum atomic E-state index is -0.692. The molecular formula is C24H24FN3O3. The predicted molar refractivity (Wildman–Crippen MR) is 115 cm³/mol. The van der Waals surface area contributed by atoms with Gasteiger partial charge in [-0.2, -0.15) is 0 Å². The second-order valence-corrected chi connectivity index (χ2v) is 7.45. The molecule has 2 aromatic carbocycles. The van der Waals surface area contributed by atoms with Gasteiger partial charge in [0.15, 0.2) is 0 Å². The first-order valence-electron chi connectivity index (χ1n) is 10.3. The van der Waals surface area contributed by atoms with Crippen LogP contribution in [0.2, 0.25) is 0 Å². The van der Waals surface area contributed by atoms with Crippen LogP contribution in [0.1, 0.15) is 22.9 Å². The molecule has 0 saturated carbocycles. The average Bonchev–Trinajstić information content (AvgIpc) is 3.46. The summed E-state index contributed by atoms with van der Waals surface area (Å²) in [5.41, 5.74) is 3.25. The van der Waals surface area contributed by atoms with Crippen LogP contribution in [0.15, 0.2) is 71.3 Å². The van der Waals surface area contributed by atoms with Gasteiger partial charge in [0.1, 0.15) is 17.6 Å². The van der Waals surface area contributed by atoms with Gasteiger partial charge in [0, 0.05) is 25.3 Å². The topological polar surface area (TPSA) is 74.6 Å². The highest BCUT2D eigenvalue weighted by Crippen LogP contribution is 2.34. The van der Waals surface area contributed by atoms with Crippen LogP contribution in [0.3, 0.4) is 0 Å². The zero-order valence-electron chi connectivity index (χ0n) is 17.0. The Morgan fingerprint density at radius 2 is 1.77 bits per heavy atom. The summed E-state index contributed by atoms with van der Waals surface area (Å²) in [7, 11) is 0. The number of hydrogen-bond acceptors (Lipinski definition) is 4. The maximum absolute atomic E-state index is 13.0. The SMILES string of the molecule is O=C(NCCc1ccc(F)cc1)C(=O)NC[C@@H](c1ccco1)N1CCc2ccccc21. The van der Waals surface area contributed by atoms with Crippen molar-refractivity contribution in [3.63, 3.8) is 0 Å². The number of furan rings is 1. The number of rotatable bonds is 7. The van der Waals surface area contributed by atoms with E-state index in [-0.39, 0.29) is 18.4 Å². The zero-order valence-corrected chi connectivity index (χ0v) is 17.0. The molecule has 2 heterocycles. The minimum Gasteiger partial charge on any atom is -0.467 e. The van der Waals surface area contributed by atoms with Crippen LogP contribution in [0.25, 0.3) is 0 Å². The maximum Gasteiger partial charge on any atom is 0.309 e. The van der Waals surface area contributed by atoms with Gasteiger partial charge in [-0.15, -0.1) is 0 Å². The maximum atomic E-state index is 13.0. The molecule has 0 spiro atoms. The second kappa shape index (κ2) is 9.47. The van der Waals surface area contributed by atoms with E-state index in [1.807, 2.05) is 24.3 Å². The van der Waals surface area contributed by atoms with E-state index < -0.39 is 11.8 Å². The zero-order chi connectivity index (χ0) is 21.6. The number of para-hydroxylation sites is 1. The highest BCUT2D eigenvalue weighted by Gasteiger charge is 2.29. The van der Waals surface area contributed by atoms with Gasteiger partial charge in [0.2, 0.25) is 0 Å². The first kappa shape index (κ1) is 20.7. The summed E-state index contributed by atoms with van der Waals surface area (Å²) in [5.74, 6) is -0.960. The third-order valence-corrected chi connectivity index (χ3v) is 5.45. The Kier molecular flexibility index (Phi) is 6.31. The van der Waals surface area contributed by atoms with Crippen molar-refractivity contribution < 1.29 is 18.4 Å². The Labute approximate surface area is 180 Å². The molecule has 31 heavy (non-hydrogen) atoms. The minimum absolute atomic E-state index is 0.213. The van der Waals surface area contributed by atoms with E-state index in [2.05, 4.69) is 27.7 Å². The van der Waals surface area contributed by atoms with Gasteiger partial charge in [-0.25, -0.2) is 4.39 Å². The molecule has 0 aliphatic carbocycles. The number of fused-ring (bicyclic) bond motifs is 1. The highest BCUT2D eigenvalue weighted by molar-refractivity contribution is 6.35. The first-order chi connectivity index (χ1) is 15.1. The van der Waals surface area contributed by atoms with Crippen molar-refractivity contribution in [2.75, 3.05) is 24.5 Å². The fourth-order valence-corrected chi connectivity index (χ4v) is 3.85. The molecule has 7 heteroatoms. The molecule has 0 fully saturated rings. The average molecular weight is 421 g/mol. The van der Waals surface area contributed by atoms with Gasteiger partial charge in [-0.05, 0) is 54.3 Å². The van der Waals surface area contributed by atoms with Gasteiger partial charge in [-0.1, -0.05) is 30.3 Å². The number of amides is 2. The third-order valence-electron chi connectivity index (χ3n) is 5.45. The lowest BCUT2D eigenvalue weighted by molar-refractivity contribution is -0.139. The molecule has 3 aromatic rings. The van der Waals surface area contributed by atoms with Crippen LogP contribution >= 0.6 is 0 Å². The van der Waals surface area contributed by atoms with Gasteiger partial charge in [-0.3, -0.25) is 9.59 Å². The van der Waals surface area contributed by atoms with Crippen LogP contribution < -0.4 is 15.5 Å². The number of carbonyl (C=O) groups excluding carboxylic acids is 2. The first-order valence-corrected chi connectivity index (χ1v) is 10.3. The summed E-state index contributed by atoms with van der Waals surface area (Å²) in [6.07, 6.45) is 3.04. The normalized spacial score (nSPS) is 13.5. The molecule has 0 radical (unpaired) electrons. The van der Waals surface area contributed by atoms with Crippen LogP contribution in [0.4, 0.5) is 10.1 Å². The Morgan fingerprint density at radius 3 is 2.55 bits per heavy atom. The van der Waals surface area contributed by atoms with E-state index in [9.17, 15) is 14.0 Å². The number of nitrogens with one attached hydrogen (secondary N) is 2. The number of carbonyl (C=O) groups is 2. The molecule has 2 amide bonds. The Balaban J connectivity index is 1.33. The van der Waals surface area contributed by atoms with Crippen molar-refractivity contribution in [2.24, 2.45) is 0 Å². The van der Waals surface area contributed by atoms with Crippen molar-refractivity contribution in [2.45, 2.75) is 18.9 Å². The van der Waals surface area contributed by atoms with Crippen molar-refractivity contribution >= 4 is 17.5 Å². The summed E-state index contributed by atoms with van der Waals surface area (Å²) < 4.78 is 18.6. The van der Waals surface area contributed by atoms with Crippen LogP contribution in [0.5, 0.6) is 0 Å². The number of benzene rings is 2. The quantitative estimate of drug-likeness (QED) is 0.575. The van der Waals surface area contributed by atoms with Crippen LogP contribution in [-0.2, 0) is 22.4 Å². The van der Waals surface area contributed by atoms with E-state index in [0.29, 0.717) is 13.0 Å². The summed E-state index contributed by atoms with van der Waals surface area (Å²) in [6.45, 7) is 1.34. The molecule has 1 aliphatic rings. The molecule has 1 atom stereocenters.